The number of ether oxygens (including phenoxy) is 2. The smallest absolute Gasteiger partial charge is 0.335 e. The zero-order chi connectivity index (χ0) is 31.7. The van der Waals surface area contributed by atoms with Crippen molar-refractivity contribution < 1.29 is 32.9 Å². The Bertz CT molecular complexity index is 2050. The lowest BCUT2D eigenvalue weighted by Gasteiger charge is -2.18. The molecule has 3 aromatic carbocycles. The maximum atomic E-state index is 13.5. The highest BCUT2D eigenvalue weighted by atomic mass is 32.2. The Morgan fingerprint density at radius 1 is 0.911 bits per heavy atom. The van der Waals surface area contributed by atoms with Gasteiger partial charge in [0.15, 0.2) is 0 Å². The number of pyridine rings is 1. The Hall–Kier alpha value is -5.47. The van der Waals surface area contributed by atoms with Gasteiger partial charge >= 0.3 is 12.0 Å². The summed E-state index contributed by atoms with van der Waals surface area (Å²) in [5.41, 5.74) is 3.08. The van der Waals surface area contributed by atoms with Crippen LogP contribution >= 0.6 is 0 Å². The topological polar surface area (TPSA) is 185 Å². The van der Waals surface area contributed by atoms with E-state index in [1.807, 2.05) is 0 Å². The molecule has 1 saturated carbocycles. The van der Waals surface area contributed by atoms with Gasteiger partial charge in [0, 0.05) is 47.0 Å². The van der Waals surface area contributed by atoms with E-state index < -0.39 is 16.0 Å². The van der Waals surface area contributed by atoms with Crippen LogP contribution in [0.2, 0.25) is 0 Å². The van der Waals surface area contributed by atoms with Gasteiger partial charge in [0.05, 0.1) is 36.6 Å². The monoisotopic (exact) mass is 628 g/mol. The van der Waals surface area contributed by atoms with Gasteiger partial charge in [-0.1, -0.05) is 18.2 Å². The predicted octanol–water partition coefficient (Wildman–Crippen LogP) is 5.04. The second-order valence-electron chi connectivity index (χ2n) is 10.3. The number of rotatable bonds is 11. The van der Waals surface area contributed by atoms with E-state index in [0.29, 0.717) is 39.1 Å². The van der Waals surface area contributed by atoms with Crippen molar-refractivity contribution in [1.29, 1.82) is 0 Å². The number of hydrogen-bond donors (Lipinski definition) is 5. The molecule has 14 heteroatoms. The Morgan fingerprint density at radius 3 is 2.38 bits per heavy atom. The highest BCUT2D eigenvalue weighted by molar-refractivity contribution is 7.89. The minimum absolute atomic E-state index is 0.0344. The second-order valence-corrected chi connectivity index (χ2v) is 12.0. The first-order valence-electron chi connectivity index (χ1n) is 13.8. The SMILES string of the molecule is COc1ncc(-c2ccc3c(Nc4cc(Nc5cccc(O)c5)cc(C(=O)O)c4)c(S(=O)(=O)NC4CC4)cnc3c2)c(OC)n1. The highest BCUT2D eigenvalue weighted by Gasteiger charge is 2.30. The number of nitrogens with zero attached hydrogens (tertiary/aromatic N) is 3. The summed E-state index contributed by atoms with van der Waals surface area (Å²) in [6.45, 7) is 0. The molecule has 0 unspecified atom stereocenters. The third kappa shape index (κ3) is 6.41. The van der Waals surface area contributed by atoms with Gasteiger partial charge in [0.2, 0.25) is 15.9 Å². The summed E-state index contributed by atoms with van der Waals surface area (Å²) in [7, 11) is -1.07. The number of phenolic OH excluding ortho intramolecular Hbond substituents is 1. The molecule has 0 radical (unpaired) electrons. The molecule has 2 aromatic heterocycles. The van der Waals surface area contributed by atoms with Crippen molar-refractivity contribution in [3.63, 3.8) is 0 Å². The van der Waals surface area contributed by atoms with E-state index in [1.54, 1.807) is 42.6 Å². The van der Waals surface area contributed by atoms with Crippen molar-refractivity contribution >= 4 is 49.6 Å². The molecule has 0 spiro atoms. The van der Waals surface area contributed by atoms with Crippen LogP contribution in [0.3, 0.4) is 0 Å². The van der Waals surface area contributed by atoms with Crippen molar-refractivity contribution in [2.75, 3.05) is 24.9 Å². The second kappa shape index (κ2) is 11.9. The molecule has 13 nitrogen and oxygen atoms in total. The number of aromatic hydroxyl groups is 1. The van der Waals surface area contributed by atoms with E-state index in [4.69, 9.17) is 9.47 Å². The lowest BCUT2D eigenvalue weighted by Crippen LogP contribution is -2.26. The standard InChI is InChI=1S/C31H28N6O7S/c1-43-29-25(15-33-31(36-29)44-2)17-6-9-24-26(12-17)32-16-27(45(41,42)37-19-7-8-19)28(24)35-22-11-18(30(39)40)10-21(13-22)34-20-4-3-5-23(38)14-20/h3-6,9-16,19,34,37-38H,7-8H2,1-2H3,(H,32,35)(H,39,40). The van der Waals surface area contributed by atoms with Gasteiger partial charge < -0.3 is 30.3 Å². The first-order valence-corrected chi connectivity index (χ1v) is 15.2. The van der Waals surface area contributed by atoms with Crippen molar-refractivity contribution in [2.24, 2.45) is 0 Å². The maximum Gasteiger partial charge on any atom is 0.335 e. The number of sulfonamides is 1. The molecular formula is C31H28N6O7S. The molecule has 0 amide bonds. The maximum absolute atomic E-state index is 13.5. The number of aromatic carboxylic acids is 1. The molecule has 0 bridgehead atoms. The van der Waals surface area contributed by atoms with Crippen LogP contribution in [0.1, 0.15) is 23.2 Å². The molecule has 0 atom stereocenters. The zero-order valence-corrected chi connectivity index (χ0v) is 24.9. The number of benzene rings is 3. The third-order valence-corrected chi connectivity index (χ3v) is 8.56. The predicted molar refractivity (Wildman–Crippen MR) is 167 cm³/mol. The van der Waals surface area contributed by atoms with Crippen LogP contribution in [0.15, 0.2) is 78.0 Å². The fourth-order valence-corrected chi connectivity index (χ4v) is 6.18. The Kier molecular flexibility index (Phi) is 7.83. The molecule has 6 rings (SSSR count). The number of carboxylic acid groups (broad SMARTS) is 1. The van der Waals surface area contributed by atoms with Gasteiger partial charge in [-0.2, -0.15) is 4.98 Å². The summed E-state index contributed by atoms with van der Waals surface area (Å²) < 4.78 is 40.3. The summed E-state index contributed by atoms with van der Waals surface area (Å²) in [6, 6.07) is 16.1. The molecule has 230 valence electrons. The molecule has 0 saturated heterocycles. The Morgan fingerprint density at radius 2 is 1.69 bits per heavy atom. The van der Waals surface area contributed by atoms with E-state index in [-0.39, 0.29) is 39.8 Å². The molecule has 1 aliphatic rings. The number of fused-ring (bicyclic) bond motifs is 1. The van der Waals surface area contributed by atoms with Gasteiger partial charge in [-0.3, -0.25) is 4.98 Å². The first kappa shape index (κ1) is 29.6. The minimum Gasteiger partial charge on any atom is -0.508 e. The summed E-state index contributed by atoms with van der Waals surface area (Å²) >= 11 is 0. The van der Waals surface area contributed by atoms with Crippen LogP contribution in [-0.2, 0) is 10.0 Å². The molecule has 1 aliphatic carbocycles. The lowest BCUT2D eigenvalue weighted by atomic mass is 10.0. The zero-order valence-electron chi connectivity index (χ0n) is 24.1. The number of phenols is 1. The van der Waals surface area contributed by atoms with Gasteiger partial charge in [-0.25, -0.2) is 22.9 Å². The molecule has 5 N–H and O–H groups in total. The van der Waals surface area contributed by atoms with E-state index in [9.17, 15) is 23.4 Å². The highest BCUT2D eigenvalue weighted by Crippen LogP contribution is 2.37. The average Bonchev–Trinajstić information content (AvgIpc) is 3.83. The fourth-order valence-electron chi connectivity index (χ4n) is 4.75. The molecule has 1 fully saturated rings. The quantitative estimate of drug-likeness (QED) is 0.131. The molecule has 0 aliphatic heterocycles. The van der Waals surface area contributed by atoms with Crippen LogP contribution in [0, 0.1) is 0 Å². The molecular weight excluding hydrogens is 600 g/mol. The van der Waals surface area contributed by atoms with Gasteiger partial charge in [-0.05, 0) is 54.8 Å². The Balaban J connectivity index is 1.47. The van der Waals surface area contributed by atoms with Crippen molar-refractivity contribution in [3.05, 3.63) is 78.6 Å². The van der Waals surface area contributed by atoms with Crippen LogP contribution in [-0.4, -0.2) is 59.8 Å². The third-order valence-electron chi connectivity index (χ3n) is 7.03. The average molecular weight is 629 g/mol. The fraction of sp³-hybridized carbons (Fsp3) is 0.161. The minimum atomic E-state index is -4.00. The van der Waals surface area contributed by atoms with E-state index in [2.05, 4.69) is 30.3 Å². The van der Waals surface area contributed by atoms with Gasteiger partial charge in [0.25, 0.3) is 0 Å². The first-order chi connectivity index (χ1) is 21.6. The van der Waals surface area contributed by atoms with Crippen molar-refractivity contribution in [3.8, 4) is 28.8 Å². The summed E-state index contributed by atoms with van der Waals surface area (Å²) in [4.78, 5) is 24.9. The number of carbonyl (C=O) groups is 1. The molecule has 5 aromatic rings. The van der Waals surface area contributed by atoms with Crippen LogP contribution in [0.4, 0.5) is 22.7 Å². The van der Waals surface area contributed by atoms with Crippen molar-refractivity contribution in [2.45, 2.75) is 23.8 Å². The summed E-state index contributed by atoms with van der Waals surface area (Å²) in [5.74, 6) is -0.863. The van der Waals surface area contributed by atoms with Crippen molar-refractivity contribution in [1.82, 2.24) is 19.7 Å². The number of carboxylic acids is 1. The summed E-state index contributed by atoms with van der Waals surface area (Å²) in [6.07, 6.45) is 4.31. The number of nitrogens with one attached hydrogen (secondary N) is 3. The molecule has 2 heterocycles. The van der Waals surface area contributed by atoms with Crippen LogP contribution in [0.25, 0.3) is 22.0 Å². The number of hydrogen-bond acceptors (Lipinski definition) is 11. The largest absolute Gasteiger partial charge is 0.508 e. The number of methoxy groups -OCH3 is 2. The van der Waals surface area contributed by atoms with E-state index >= 15 is 0 Å². The summed E-state index contributed by atoms with van der Waals surface area (Å²) in [5, 5.41) is 26.4. The lowest BCUT2D eigenvalue weighted by molar-refractivity contribution is 0.0697. The van der Waals surface area contributed by atoms with E-state index in [0.717, 1.165) is 12.8 Å². The van der Waals surface area contributed by atoms with E-state index in [1.165, 1.54) is 44.7 Å². The number of aromatic nitrogens is 3. The van der Waals surface area contributed by atoms with Gasteiger partial charge in [-0.15, -0.1) is 0 Å². The molecule has 45 heavy (non-hydrogen) atoms. The van der Waals surface area contributed by atoms with Crippen LogP contribution in [0.5, 0.6) is 17.6 Å². The normalized spacial score (nSPS) is 12.9. The Labute approximate surface area is 258 Å². The van der Waals surface area contributed by atoms with Crippen LogP contribution < -0.4 is 24.8 Å². The van der Waals surface area contributed by atoms with Gasteiger partial charge in [0.1, 0.15) is 10.6 Å². The number of anilines is 4.